The number of carbonyl (C=O) groups is 1. The van der Waals surface area contributed by atoms with Crippen LogP contribution in [0.3, 0.4) is 0 Å². The van der Waals surface area contributed by atoms with Crippen molar-refractivity contribution < 1.29 is 4.79 Å². The van der Waals surface area contributed by atoms with Crippen LogP contribution in [0.1, 0.15) is 16.1 Å². The summed E-state index contributed by atoms with van der Waals surface area (Å²) in [6, 6.07) is 3.55. The molecule has 2 aromatic heterocycles. The largest absolute Gasteiger partial charge is 0.366 e. The zero-order chi connectivity index (χ0) is 10.1. The molecule has 0 saturated carbocycles. The zero-order valence-electron chi connectivity index (χ0n) is 7.69. The molecule has 0 spiro atoms. The van der Waals surface area contributed by atoms with Gasteiger partial charge >= 0.3 is 0 Å². The Balaban J connectivity index is 2.67. The third-order valence-electron chi connectivity index (χ3n) is 1.99. The number of amides is 1. The number of aryl methyl sites for hydroxylation is 1. The number of nitrogens with zero attached hydrogens (tertiary/aromatic N) is 2. The summed E-state index contributed by atoms with van der Waals surface area (Å²) in [5, 5.41) is 0.826. The number of hydrogen-bond acceptors (Lipinski definition) is 3. The number of nitrogens with two attached hydrogens (primary N) is 1. The molecule has 70 valence electrons. The van der Waals surface area contributed by atoms with Crippen molar-refractivity contribution in [2.75, 3.05) is 0 Å². The third kappa shape index (κ3) is 1.42. The predicted octanol–water partition coefficient (Wildman–Crippen LogP) is 1.04. The van der Waals surface area contributed by atoms with E-state index in [1.165, 1.54) is 6.20 Å². The molecule has 0 aliphatic carbocycles. The summed E-state index contributed by atoms with van der Waals surface area (Å²) in [5.41, 5.74) is 7.26. The van der Waals surface area contributed by atoms with Crippen molar-refractivity contribution in [2.24, 2.45) is 5.73 Å². The van der Waals surface area contributed by atoms with E-state index in [9.17, 15) is 4.79 Å². The van der Waals surface area contributed by atoms with Gasteiger partial charge in [-0.25, -0.2) is 0 Å². The fourth-order valence-electron chi connectivity index (χ4n) is 1.26. The van der Waals surface area contributed by atoms with Gasteiger partial charge in [0.2, 0.25) is 5.91 Å². The highest BCUT2D eigenvalue weighted by Crippen LogP contribution is 2.12. The first kappa shape index (κ1) is 8.62. The molecule has 4 heteroatoms. The number of rotatable bonds is 1. The third-order valence-corrected chi connectivity index (χ3v) is 1.99. The van der Waals surface area contributed by atoms with Crippen molar-refractivity contribution >= 4 is 16.8 Å². The Hall–Kier alpha value is -1.97. The highest BCUT2D eigenvalue weighted by atomic mass is 16.1. The molecule has 0 unspecified atom stereocenters. The number of primary amides is 1. The number of aromatic nitrogens is 2. The van der Waals surface area contributed by atoms with E-state index in [1.54, 1.807) is 12.3 Å². The van der Waals surface area contributed by atoms with Crippen molar-refractivity contribution in [1.82, 2.24) is 9.97 Å². The average molecular weight is 187 g/mol. The van der Waals surface area contributed by atoms with Crippen LogP contribution in [0.5, 0.6) is 0 Å². The lowest BCUT2D eigenvalue weighted by molar-refractivity contribution is 0.1000. The maximum Gasteiger partial charge on any atom is 0.250 e. The number of pyridine rings is 2. The van der Waals surface area contributed by atoms with Crippen LogP contribution < -0.4 is 5.73 Å². The second kappa shape index (κ2) is 3.06. The lowest BCUT2D eigenvalue weighted by Crippen LogP contribution is -2.11. The van der Waals surface area contributed by atoms with E-state index in [1.807, 2.05) is 13.0 Å². The second-order valence-electron chi connectivity index (χ2n) is 3.11. The zero-order valence-corrected chi connectivity index (χ0v) is 7.69. The Labute approximate surface area is 80.8 Å². The normalized spacial score (nSPS) is 10.4. The molecule has 14 heavy (non-hydrogen) atoms. The fraction of sp³-hybridized carbons (Fsp3) is 0.100. The Kier molecular flexibility index (Phi) is 1.89. The SMILES string of the molecule is Cc1cc2ncc(C(N)=O)cc2cn1. The van der Waals surface area contributed by atoms with E-state index in [0.29, 0.717) is 5.56 Å². The number of hydrogen-bond donors (Lipinski definition) is 1. The molecule has 0 saturated heterocycles. The molecule has 0 aliphatic heterocycles. The first-order chi connectivity index (χ1) is 6.66. The molecule has 0 bridgehead atoms. The van der Waals surface area contributed by atoms with Crippen LogP contribution in [0.4, 0.5) is 0 Å². The minimum Gasteiger partial charge on any atom is -0.366 e. The van der Waals surface area contributed by atoms with Gasteiger partial charge in [0.05, 0.1) is 11.1 Å². The van der Waals surface area contributed by atoms with Crippen LogP contribution in [0, 0.1) is 6.92 Å². The molecule has 0 radical (unpaired) electrons. The van der Waals surface area contributed by atoms with Gasteiger partial charge in [0.1, 0.15) is 0 Å². The summed E-state index contributed by atoms with van der Waals surface area (Å²) in [6.45, 7) is 1.89. The lowest BCUT2D eigenvalue weighted by atomic mass is 10.2. The molecule has 0 aromatic carbocycles. The van der Waals surface area contributed by atoms with Crippen molar-refractivity contribution in [1.29, 1.82) is 0 Å². The molecule has 4 nitrogen and oxygen atoms in total. The average Bonchev–Trinajstić information content (AvgIpc) is 2.16. The van der Waals surface area contributed by atoms with E-state index in [0.717, 1.165) is 16.6 Å². The van der Waals surface area contributed by atoms with Gasteiger partial charge in [-0.3, -0.25) is 14.8 Å². The molecule has 2 N–H and O–H groups in total. The number of fused-ring (bicyclic) bond motifs is 1. The van der Waals surface area contributed by atoms with Crippen LogP contribution in [-0.2, 0) is 0 Å². The van der Waals surface area contributed by atoms with Gasteiger partial charge in [0, 0.05) is 23.5 Å². The highest BCUT2D eigenvalue weighted by molar-refractivity contribution is 5.95. The van der Waals surface area contributed by atoms with Crippen molar-refractivity contribution in [3.63, 3.8) is 0 Å². The van der Waals surface area contributed by atoms with Crippen LogP contribution >= 0.6 is 0 Å². The minimum absolute atomic E-state index is 0.406. The van der Waals surface area contributed by atoms with E-state index < -0.39 is 5.91 Å². The van der Waals surface area contributed by atoms with E-state index >= 15 is 0 Å². The van der Waals surface area contributed by atoms with Gasteiger partial charge in [-0.05, 0) is 19.1 Å². The number of carbonyl (C=O) groups excluding carboxylic acids is 1. The standard InChI is InChI=1S/C10H9N3O/c1-6-2-9-7(4-12-6)3-8(5-13-9)10(11)14/h2-5H,1H3,(H2,11,14). The van der Waals surface area contributed by atoms with Crippen LogP contribution in [0.15, 0.2) is 24.5 Å². The van der Waals surface area contributed by atoms with Gasteiger partial charge in [-0.1, -0.05) is 0 Å². The van der Waals surface area contributed by atoms with Crippen molar-refractivity contribution in [3.8, 4) is 0 Å². The Morgan fingerprint density at radius 3 is 2.79 bits per heavy atom. The Morgan fingerprint density at radius 1 is 1.29 bits per heavy atom. The molecule has 0 atom stereocenters. The Bertz CT molecular complexity index is 508. The quantitative estimate of drug-likeness (QED) is 0.725. The summed E-state index contributed by atoms with van der Waals surface area (Å²) in [7, 11) is 0. The van der Waals surface area contributed by atoms with E-state index in [2.05, 4.69) is 9.97 Å². The van der Waals surface area contributed by atoms with Crippen molar-refractivity contribution in [2.45, 2.75) is 6.92 Å². The summed E-state index contributed by atoms with van der Waals surface area (Å²) >= 11 is 0. The maximum atomic E-state index is 10.9. The highest BCUT2D eigenvalue weighted by Gasteiger charge is 2.02. The molecule has 0 aliphatic rings. The van der Waals surface area contributed by atoms with Gasteiger partial charge in [-0.15, -0.1) is 0 Å². The first-order valence-electron chi connectivity index (χ1n) is 4.19. The van der Waals surface area contributed by atoms with Gasteiger partial charge in [0.25, 0.3) is 0 Å². The Morgan fingerprint density at radius 2 is 2.07 bits per heavy atom. The molecule has 0 fully saturated rings. The molecule has 1 amide bonds. The van der Waals surface area contributed by atoms with Gasteiger partial charge < -0.3 is 5.73 Å². The fourth-order valence-corrected chi connectivity index (χ4v) is 1.26. The van der Waals surface area contributed by atoms with Crippen LogP contribution in [0.2, 0.25) is 0 Å². The molecule has 2 rings (SSSR count). The molecule has 2 heterocycles. The van der Waals surface area contributed by atoms with Crippen LogP contribution in [-0.4, -0.2) is 15.9 Å². The van der Waals surface area contributed by atoms with Crippen molar-refractivity contribution in [3.05, 3.63) is 35.8 Å². The van der Waals surface area contributed by atoms with E-state index in [4.69, 9.17) is 5.73 Å². The molecular formula is C10H9N3O. The second-order valence-corrected chi connectivity index (χ2v) is 3.11. The minimum atomic E-state index is -0.472. The van der Waals surface area contributed by atoms with Crippen LogP contribution in [0.25, 0.3) is 10.9 Å². The summed E-state index contributed by atoms with van der Waals surface area (Å²) < 4.78 is 0. The van der Waals surface area contributed by atoms with Gasteiger partial charge in [0.15, 0.2) is 0 Å². The summed E-state index contributed by atoms with van der Waals surface area (Å²) in [6.07, 6.45) is 3.16. The monoisotopic (exact) mass is 187 g/mol. The van der Waals surface area contributed by atoms with Gasteiger partial charge in [-0.2, -0.15) is 0 Å². The first-order valence-corrected chi connectivity index (χ1v) is 4.19. The molecule has 2 aromatic rings. The predicted molar refractivity (Wildman–Crippen MR) is 52.8 cm³/mol. The van der Waals surface area contributed by atoms with E-state index in [-0.39, 0.29) is 0 Å². The smallest absolute Gasteiger partial charge is 0.250 e. The molecular weight excluding hydrogens is 178 g/mol. The summed E-state index contributed by atoms with van der Waals surface area (Å²) in [5.74, 6) is -0.472. The topological polar surface area (TPSA) is 68.9 Å². The lowest BCUT2D eigenvalue weighted by Gasteiger charge is -1.99. The maximum absolute atomic E-state index is 10.9. The summed E-state index contributed by atoms with van der Waals surface area (Å²) in [4.78, 5) is 19.1.